The van der Waals surface area contributed by atoms with Crippen LogP contribution < -0.4 is 14.8 Å². The molecule has 116 valence electrons. The van der Waals surface area contributed by atoms with Gasteiger partial charge in [-0.3, -0.25) is 4.79 Å². The Morgan fingerprint density at radius 2 is 1.95 bits per heavy atom. The lowest BCUT2D eigenvalue weighted by atomic mass is 10.1. The van der Waals surface area contributed by atoms with Crippen molar-refractivity contribution in [3.05, 3.63) is 58.1 Å². The normalized spacial score (nSPS) is 10.1. The van der Waals surface area contributed by atoms with Crippen molar-refractivity contribution in [1.29, 1.82) is 0 Å². The highest BCUT2D eigenvalue weighted by atomic mass is 79.9. The average Bonchev–Trinajstić information content (AvgIpc) is 2.54. The molecule has 2 aromatic carbocycles. The molecule has 0 spiro atoms. The zero-order valence-corrected chi connectivity index (χ0v) is 14.1. The summed E-state index contributed by atoms with van der Waals surface area (Å²) < 4.78 is 11.1. The van der Waals surface area contributed by atoms with Gasteiger partial charge in [0.2, 0.25) is 0 Å². The van der Waals surface area contributed by atoms with Crippen LogP contribution in [0, 0.1) is 0 Å². The fourth-order valence-electron chi connectivity index (χ4n) is 2.06. The predicted molar refractivity (Wildman–Crippen MR) is 89.7 cm³/mol. The Hall–Kier alpha value is -2.01. The first-order valence-electron chi connectivity index (χ1n) is 6.88. The first-order valence-corrected chi connectivity index (χ1v) is 7.68. The second kappa shape index (κ2) is 7.84. The van der Waals surface area contributed by atoms with E-state index in [1.54, 1.807) is 32.4 Å². The summed E-state index contributed by atoms with van der Waals surface area (Å²) in [5.74, 6) is 1.42. The fraction of sp³-hybridized carbons (Fsp3) is 0.235. The van der Waals surface area contributed by atoms with Crippen LogP contribution in [0.1, 0.15) is 15.9 Å². The number of carbonyl (C=O) groups is 1. The number of carbonyl (C=O) groups excluding carboxylic acids is 1. The largest absolute Gasteiger partial charge is 0.497 e. The smallest absolute Gasteiger partial charge is 0.251 e. The topological polar surface area (TPSA) is 47.6 Å². The van der Waals surface area contributed by atoms with Crippen LogP contribution in [0.2, 0.25) is 0 Å². The number of halogens is 1. The lowest BCUT2D eigenvalue weighted by Gasteiger charge is -2.08. The first-order chi connectivity index (χ1) is 10.6. The number of hydrogen-bond acceptors (Lipinski definition) is 3. The summed E-state index contributed by atoms with van der Waals surface area (Å²) in [6, 6.07) is 13.1. The zero-order chi connectivity index (χ0) is 15.9. The van der Waals surface area contributed by atoms with E-state index in [1.807, 2.05) is 24.3 Å². The number of benzene rings is 2. The fourth-order valence-corrected chi connectivity index (χ4v) is 2.60. The Labute approximate surface area is 138 Å². The van der Waals surface area contributed by atoms with E-state index in [9.17, 15) is 4.79 Å². The molecule has 22 heavy (non-hydrogen) atoms. The molecular formula is C17H18BrNO3. The number of rotatable bonds is 6. The molecule has 0 aromatic heterocycles. The maximum atomic E-state index is 12.1. The molecule has 0 unspecified atom stereocenters. The first kappa shape index (κ1) is 16.4. The van der Waals surface area contributed by atoms with Crippen LogP contribution in [0.3, 0.4) is 0 Å². The van der Waals surface area contributed by atoms with Crippen LogP contribution in [0.15, 0.2) is 46.9 Å². The second-order valence-corrected chi connectivity index (χ2v) is 5.56. The van der Waals surface area contributed by atoms with Gasteiger partial charge in [-0.05, 0) is 58.2 Å². The Morgan fingerprint density at radius 3 is 2.64 bits per heavy atom. The molecule has 4 nitrogen and oxygen atoms in total. The van der Waals surface area contributed by atoms with Gasteiger partial charge in [0.1, 0.15) is 11.5 Å². The minimum Gasteiger partial charge on any atom is -0.497 e. The Bertz CT molecular complexity index is 658. The van der Waals surface area contributed by atoms with Crippen molar-refractivity contribution in [2.75, 3.05) is 20.8 Å². The van der Waals surface area contributed by atoms with Gasteiger partial charge in [-0.25, -0.2) is 0 Å². The zero-order valence-electron chi connectivity index (χ0n) is 12.6. The maximum Gasteiger partial charge on any atom is 0.251 e. The molecule has 2 aromatic rings. The highest BCUT2D eigenvalue weighted by Gasteiger charge is 2.08. The predicted octanol–water partition coefficient (Wildman–Crippen LogP) is 3.44. The molecular weight excluding hydrogens is 346 g/mol. The molecule has 0 heterocycles. The molecule has 0 atom stereocenters. The van der Waals surface area contributed by atoms with Gasteiger partial charge in [-0.15, -0.1) is 0 Å². The summed E-state index contributed by atoms with van der Waals surface area (Å²) in [6.07, 6.45) is 0.750. The third-order valence-corrected chi connectivity index (χ3v) is 3.87. The third kappa shape index (κ3) is 4.24. The molecule has 0 aliphatic rings. The van der Waals surface area contributed by atoms with E-state index in [0.29, 0.717) is 17.9 Å². The van der Waals surface area contributed by atoms with Crippen LogP contribution in [0.4, 0.5) is 0 Å². The van der Waals surface area contributed by atoms with Crippen LogP contribution in [0.25, 0.3) is 0 Å². The second-order valence-electron chi connectivity index (χ2n) is 4.71. The van der Waals surface area contributed by atoms with Gasteiger partial charge in [0, 0.05) is 12.1 Å². The molecule has 0 radical (unpaired) electrons. The van der Waals surface area contributed by atoms with Gasteiger partial charge in [0.25, 0.3) is 5.91 Å². The van der Waals surface area contributed by atoms with E-state index in [2.05, 4.69) is 21.2 Å². The van der Waals surface area contributed by atoms with Crippen LogP contribution >= 0.6 is 15.9 Å². The summed E-state index contributed by atoms with van der Waals surface area (Å²) in [6.45, 7) is 0.565. The van der Waals surface area contributed by atoms with E-state index < -0.39 is 0 Å². The third-order valence-electron chi connectivity index (χ3n) is 3.25. The highest BCUT2D eigenvalue weighted by molar-refractivity contribution is 9.10. The standard InChI is InChI=1S/C17H18BrNO3/c1-21-14-5-3-4-12(10-14)8-9-19-17(20)13-6-7-16(22-2)15(18)11-13/h3-7,10-11H,8-9H2,1-2H3,(H,19,20). The number of hydrogen-bond donors (Lipinski definition) is 1. The van der Waals surface area contributed by atoms with Gasteiger partial charge in [-0.2, -0.15) is 0 Å². The highest BCUT2D eigenvalue weighted by Crippen LogP contribution is 2.25. The SMILES string of the molecule is COc1cccc(CCNC(=O)c2ccc(OC)c(Br)c2)c1. The monoisotopic (exact) mass is 363 g/mol. The van der Waals surface area contributed by atoms with Crippen molar-refractivity contribution >= 4 is 21.8 Å². The minimum absolute atomic E-state index is 0.105. The Morgan fingerprint density at radius 1 is 1.14 bits per heavy atom. The van der Waals surface area contributed by atoms with Crippen LogP contribution in [-0.4, -0.2) is 26.7 Å². The molecule has 0 bridgehead atoms. The van der Waals surface area contributed by atoms with Gasteiger partial charge in [0.15, 0.2) is 0 Å². The van der Waals surface area contributed by atoms with Crippen molar-refractivity contribution < 1.29 is 14.3 Å². The Balaban J connectivity index is 1.91. The molecule has 0 saturated heterocycles. The maximum absolute atomic E-state index is 12.1. The van der Waals surface area contributed by atoms with E-state index in [4.69, 9.17) is 9.47 Å². The summed E-state index contributed by atoms with van der Waals surface area (Å²) in [5, 5.41) is 2.91. The van der Waals surface area contributed by atoms with Crippen molar-refractivity contribution in [2.45, 2.75) is 6.42 Å². The van der Waals surface area contributed by atoms with E-state index >= 15 is 0 Å². The van der Waals surface area contributed by atoms with E-state index in [-0.39, 0.29) is 5.91 Å². The van der Waals surface area contributed by atoms with Crippen molar-refractivity contribution in [3.63, 3.8) is 0 Å². The van der Waals surface area contributed by atoms with Gasteiger partial charge < -0.3 is 14.8 Å². The molecule has 0 saturated carbocycles. The molecule has 1 N–H and O–H groups in total. The summed E-state index contributed by atoms with van der Waals surface area (Å²) in [5.41, 5.74) is 1.72. The molecule has 0 aliphatic heterocycles. The summed E-state index contributed by atoms with van der Waals surface area (Å²) >= 11 is 3.38. The Kier molecular flexibility index (Phi) is 5.83. The molecule has 1 amide bonds. The molecule has 0 aliphatic carbocycles. The number of methoxy groups -OCH3 is 2. The van der Waals surface area contributed by atoms with Crippen LogP contribution in [0.5, 0.6) is 11.5 Å². The summed E-state index contributed by atoms with van der Waals surface area (Å²) in [7, 11) is 3.23. The lowest BCUT2D eigenvalue weighted by Crippen LogP contribution is -2.25. The quantitative estimate of drug-likeness (QED) is 0.854. The van der Waals surface area contributed by atoms with E-state index in [1.165, 1.54) is 0 Å². The van der Waals surface area contributed by atoms with Gasteiger partial charge >= 0.3 is 0 Å². The van der Waals surface area contributed by atoms with Crippen molar-refractivity contribution in [1.82, 2.24) is 5.32 Å². The minimum atomic E-state index is -0.105. The lowest BCUT2D eigenvalue weighted by molar-refractivity contribution is 0.0954. The number of nitrogens with one attached hydrogen (secondary N) is 1. The van der Waals surface area contributed by atoms with E-state index in [0.717, 1.165) is 22.2 Å². The average molecular weight is 364 g/mol. The van der Waals surface area contributed by atoms with Crippen LogP contribution in [-0.2, 0) is 6.42 Å². The van der Waals surface area contributed by atoms with Crippen molar-refractivity contribution in [2.24, 2.45) is 0 Å². The molecule has 5 heteroatoms. The molecule has 2 rings (SSSR count). The van der Waals surface area contributed by atoms with Gasteiger partial charge in [-0.1, -0.05) is 12.1 Å². The number of ether oxygens (including phenoxy) is 2. The number of amides is 1. The molecule has 0 fully saturated rings. The van der Waals surface area contributed by atoms with Gasteiger partial charge in [0.05, 0.1) is 18.7 Å². The summed E-state index contributed by atoms with van der Waals surface area (Å²) in [4.78, 5) is 12.1. The van der Waals surface area contributed by atoms with Crippen molar-refractivity contribution in [3.8, 4) is 11.5 Å².